The second-order valence-corrected chi connectivity index (χ2v) is 7.56. The number of aryl methyl sites for hydroxylation is 3. The third-order valence-corrected chi connectivity index (χ3v) is 5.23. The van der Waals surface area contributed by atoms with Crippen LogP contribution in [0.5, 0.6) is 0 Å². The summed E-state index contributed by atoms with van der Waals surface area (Å²) in [5.74, 6) is 0.320. The Bertz CT molecular complexity index is 651. The van der Waals surface area contributed by atoms with Crippen LogP contribution >= 0.6 is 22.7 Å². The molecule has 3 rings (SSSR count). The molecule has 0 saturated carbocycles. The maximum absolute atomic E-state index is 11.9. The first-order valence-corrected chi connectivity index (χ1v) is 8.56. The number of anilines is 1. The van der Waals surface area contributed by atoms with Gasteiger partial charge in [-0.2, -0.15) is 0 Å². The van der Waals surface area contributed by atoms with Gasteiger partial charge in [-0.15, -0.1) is 21.5 Å². The monoisotopic (exact) mass is 323 g/mol. The van der Waals surface area contributed by atoms with Crippen LogP contribution in [-0.2, 0) is 6.42 Å². The maximum Gasteiger partial charge on any atom is 0.321 e. The van der Waals surface area contributed by atoms with Gasteiger partial charge in [0, 0.05) is 17.3 Å². The maximum atomic E-state index is 11.9. The summed E-state index contributed by atoms with van der Waals surface area (Å²) in [6.07, 6.45) is 3.36. The second kappa shape index (κ2) is 6.07. The Morgan fingerprint density at radius 3 is 2.90 bits per heavy atom. The van der Waals surface area contributed by atoms with Crippen LogP contribution in [0.1, 0.15) is 39.3 Å². The van der Waals surface area contributed by atoms with Crippen molar-refractivity contribution in [3.05, 3.63) is 20.6 Å². The predicted octanol–water partition coefficient (Wildman–Crippen LogP) is 2.85. The molecular weight excluding hydrogens is 306 g/mol. The predicted molar refractivity (Wildman–Crippen MR) is 84.2 cm³/mol. The molecule has 1 aliphatic carbocycles. The van der Waals surface area contributed by atoms with E-state index in [0.29, 0.717) is 17.6 Å². The van der Waals surface area contributed by atoms with Gasteiger partial charge in [0.15, 0.2) is 0 Å². The molecule has 2 N–H and O–H groups in total. The molecule has 112 valence electrons. The van der Waals surface area contributed by atoms with Crippen molar-refractivity contribution in [3.8, 4) is 0 Å². The topological polar surface area (TPSA) is 79.8 Å². The molecule has 0 fully saturated rings. The van der Waals surface area contributed by atoms with Crippen molar-refractivity contribution in [2.75, 3.05) is 11.9 Å². The van der Waals surface area contributed by atoms with Crippen LogP contribution in [-0.4, -0.2) is 27.8 Å². The summed E-state index contributed by atoms with van der Waals surface area (Å²) in [5, 5.41) is 15.8. The zero-order chi connectivity index (χ0) is 14.8. The number of nitrogens with one attached hydrogen (secondary N) is 2. The number of hydrogen-bond donors (Lipinski definition) is 2. The number of carbonyl (C=O) groups is 1. The van der Waals surface area contributed by atoms with Gasteiger partial charge in [0.1, 0.15) is 5.01 Å². The molecular formula is C13H17N5OS2. The quantitative estimate of drug-likeness (QED) is 0.910. The Labute approximate surface area is 131 Å². The average molecular weight is 323 g/mol. The fourth-order valence-electron chi connectivity index (χ4n) is 2.53. The fraction of sp³-hybridized carbons (Fsp3) is 0.538. The van der Waals surface area contributed by atoms with E-state index in [2.05, 4.69) is 25.8 Å². The van der Waals surface area contributed by atoms with E-state index in [0.717, 1.165) is 29.3 Å². The fourth-order valence-corrected chi connectivity index (χ4v) is 4.18. The molecule has 2 aromatic rings. The average Bonchev–Trinajstić information content (AvgIpc) is 3.01. The number of rotatable bonds is 3. The molecule has 0 aromatic carbocycles. The molecule has 21 heavy (non-hydrogen) atoms. The molecule has 0 spiro atoms. The molecule has 0 aliphatic heterocycles. The SMILES string of the molecule is Cc1nnc(NC(=O)NC[C@@H]2CCCc3sc(C)nc32)s1. The first-order chi connectivity index (χ1) is 10.1. The number of fused-ring (bicyclic) bond motifs is 1. The van der Waals surface area contributed by atoms with Crippen molar-refractivity contribution >= 4 is 33.8 Å². The first kappa shape index (κ1) is 14.4. The minimum Gasteiger partial charge on any atom is -0.337 e. The number of urea groups is 1. The third-order valence-electron chi connectivity index (χ3n) is 3.43. The lowest BCUT2D eigenvalue weighted by atomic mass is 9.91. The van der Waals surface area contributed by atoms with Crippen LogP contribution in [0.15, 0.2) is 0 Å². The minimum atomic E-state index is -0.231. The van der Waals surface area contributed by atoms with E-state index in [4.69, 9.17) is 0 Å². The van der Waals surface area contributed by atoms with Crippen LogP contribution in [0, 0.1) is 13.8 Å². The first-order valence-electron chi connectivity index (χ1n) is 6.93. The van der Waals surface area contributed by atoms with Gasteiger partial charge in [0.2, 0.25) is 5.13 Å². The number of aromatic nitrogens is 3. The number of thiazole rings is 1. The van der Waals surface area contributed by atoms with Crippen molar-refractivity contribution in [2.45, 2.75) is 39.0 Å². The van der Waals surface area contributed by atoms with Crippen molar-refractivity contribution in [2.24, 2.45) is 0 Å². The van der Waals surface area contributed by atoms with Crippen LogP contribution in [0.2, 0.25) is 0 Å². The van der Waals surface area contributed by atoms with E-state index in [1.165, 1.54) is 21.9 Å². The highest BCUT2D eigenvalue weighted by molar-refractivity contribution is 7.15. The molecule has 8 heteroatoms. The van der Waals surface area contributed by atoms with Crippen LogP contribution < -0.4 is 10.6 Å². The molecule has 2 aromatic heterocycles. The lowest BCUT2D eigenvalue weighted by molar-refractivity contribution is 0.251. The normalized spacial score (nSPS) is 17.3. The summed E-state index contributed by atoms with van der Waals surface area (Å²) in [6.45, 7) is 4.51. The summed E-state index contributed by atoms with van der Waals surface area (Å²) >= 11 is 3.14. The Kier molecular flexibility index (Phi) is 4.16. The van der Waals surface area contributed by atoms with E-state index >= 15 is 0 Å². The number of amides is 2. The molecule has 6 nitrogen and oxygen atoms in total. The Morgan fingerprint density at radius 2 is 2.14 bits per heavy atom. The van der Waals surface area contributed by atoms with Crippen molar-refractivity contribution in [1.29, 1.82) is 0 Å². The standard InChI is InChI=1S/C13H17N5OS2/c1-7-15-11-9(4-3-5-10(11)20-7)6-14-12(19)16-13-18-17-8(2)21-13/h9H,3-6H2,1-2H3,(H2,14,16,18,19)/t9-/m0/s1. The van der Waals surface area contributed by atoms with Crippen molar-refractivity contribution < 1.29 is 4.79 Å². The Balaban J connectivity index is 1.57. The van der Waals surface area contributed by atoms with Gasteiger partial charge in [-0.05, 0) is 33.1 Å². The van der Waals surface area contributed by atoms with E-state index in [1.807, 2.05) is 13.8 Å². The van der Waals surface area contributed by atoms with Crippen LogP contribution in [0.25, 0.3) is 0 Å². The molecule has 1 atom stereocenters. The lowest BCUT2D eigenvalue weighted by Crippen LogP contribution is -2.33. The number of nitrogens with zero attached hydrogens (tertiary/aromatic N) is 3. The van der Waals surface area contributed by atoms with E-state index in [1.54, 1.807) is 11.3 Å². The minimum absolute atomic E-state index is 0.231. The van der Waals surface area contributed by atoms with Crippen molar-refractivity contribution in [1.82, 2.24) is 20.5 Å². The van der Waals surface area contributed by atoms with E-state index < -0.39 is 0 Å². The largest absolute Gasteiger partial charge is 0.337 e. The summed E-state index contributed by atoms with van der Waals surface area (Å²) in [7, 11) is 0. The molecule has 0 saturated heterocycles. The molecule has 1 aliphatic rings. The van der Waals surface area contributed by atoms with Gasteiger partial charge in [-0.3, -0.25) is 5.32 Å². The Hall–Kier alpha value is -1.54. The molecule has 0 bridgehead atoms. The van der Waals surface area contributed by atoms with Gasteiger partial charge in [-0.1, -0.05) is 11.3 Å². The van der Waals surface area contributed by atoms with Gasteiger partial charge < -0.3 is 5.32 Å². The number of carbonyl (C=O) groups excluding carboxylic acids is 1. The van der Waals surface area contributed by atoms with Gasteiger partial charge in [0.25, 0.3) is 0 Å². The molecule has 2 amide bonds. The highest BCUT2D eigenvalue weighted by atomic mass is 32.1. The molecule has 0 radical (unpaired) electrons. The second-order valence-electron chi connectivity index (χ2n) is 5.09. The summed E-state index contributed by atoms with van der Waals surface area (Å²) in [4.78, 5) is 17.9. The van der Waals surface area contributed by atoms with Gasteiger partial charge in [-0.25, -0.2) is 9.78 Å². The molecule has 0 unspecified atom stereocenters. The smallest absolute Gasteiger partial charge is 0.321 e. The zero-order valence-electron chi connectivity index (χ0n) is 12.0. The van der Waals surface area contributed by atoms with Crippen molar-refractivity contribution in [3.63, 3.8) is 0 Å². The highest BCUT2D eigenvalue weighted by Gasteiger charge is 2.24. The van der Waals surface area contributed by atoms with Crippen LogP contribution in [0.3, 0.4) is 0 Å². The van der Waals surface area contributed by atoms with E-state index in [-0.39, 0.29) is 6.03 Å². The lowest BCUT2D eigenvalue weighted by Gasteiger charge is -2.21. The Morgan fingerprint density at radius 1 is 1.29 bits per heavy atom. The summed E-state index contributed by atoms with van der Waals surface area (Å²) in [6, 6.07) is -0.231. The summed E-state index contributed by atoms with van der Waals surface area (Å²) in [5.41, 5.74) is 1.18. The number of hydrogen-bond acceptors (Lipinski definition) is 6. The van der Waals surface area contributed by atoms with E-state index in [9.17, 15) is 4.79 Å². The third kappa shape index (κ3) is 3.38. The highest BCUT2D eigenvalue weighted by Crippen LogP contribution is 2.34. The van der Waals surface area contributed by atoms with Crippen LogP contribution in [0.4, 0.5) is 9.93 Å². The summed E-state index contributed by atoms with van der Waals surface area (Å²) < 4.78 is 0. The molecule has 2 heterocycles. The van der Waals surface area contributed by atoms with Gasteiger partial charge in [0.05, 0.1) is 10.7 Å². The zero-order valence-corrected chi connectivity index (χ0v) is 13.6. The van der Waals surface area contributed by atoms with Gasteiger partial charge >= 0.3 is 6.03 Å².